The van der Waals surface area contributed by atoms with Gasteiger partial charge in [-0.15, -0.1) is 0 Å². The quantitative estimate of drug-likeness (QED) is 0.175. The molecule has 1 aliphatic rings. The molecule has 0 N–H and O–H groups in total. The lowest BCUT2D eigenvalue weighted by molar-refractivity contribution is 0.661. The van der Waals surface area contributed by atoms with Crippen LogP contribution in [-0.4, -0.2) is 0 Å². The molecular weight excluding hydrogens is 603 g/mol. The van der Waals surface area contributed by atoms with Gasteiger partial charge in [0, 0.05) is 22.5 Å². The predicted molar refractivity (Wildman–Crippen MR) is 213 cm³/mol. The SMILES string of the molecule is CC1(C)c2ccccc2-c2c1ccc1c(-c3ccc(N(c4ccc(-c5ccccc5)cc4)c4ccc(-c5ccccc5)cc4)cc3)cccc21. The van der Waals surface area contributed by atoms with E-state index in [1.165, 1.54) is 66.4 Å². The number of hydrogen-bond donors (Lipinski definition) is 0. The molecule has 1 aliphatic carbocycles. The Kier molecular flexibility index (Phi) is 7.21. The van der Waals surface area contributed by atoms with Crippen LogP contribution in [0.4, 0.5) is 17.1 Å². The minimum absolute atomic E-state index is 0.0141. The number of fused-ring (bicyclic) bond motifs is 5. The van der Waals surface area contributed by atoms with Gasteiger partial charge in [-0.2, -0.15) is 0 Å². The van der Waals surface area contributed by atoms with E-state index in [1.807, 2.05) is 0 Å². The molecule has 0 saturated heterocycles. The van der Waals surface area contributed by atoms with Crippen LogP contribution in [0.3, 0.4) is 0 Å². The molecule has 0 unspecified atom stereocenters. The van der Waals surface area contributed by atoms with Crippen molar-refractivity contribution in [3.05, 3.63) is 199 Å². The summed E-state index contributed by atoms with van der Waals surface area (Å²) in [5.41, 5.74) is 16.2. The molecule has 0 saturated carbocycles. The molecule has 9 rings (SSSR count). The molecule has 0 bridgehead atoms. The van der Waals surface area contributed by atoms with Crippen molar-refractivity contribution in [3.8, 4) is 44.5 Å². The fourth-order valence-corrected chi connectivity index (χ4v) is 7.92. The molecule has 1 nitrogen and oxygen atoms in total. The Morgan fingerprint density at radius 3 is 1.34 bits per heavy atom. The molecule has 0 radical (unpaired) electrons. The van der Waals surface area contributed by atoms with Crippen molar-refractivity contribution in [2.45, 2.75) is 19.3 Å². The van der Waals surface area contributed by atoms with E-state index < -0.39 is 0 Å². The Labute approximate surface area is 294 Å². The second-order valence-corrected chi connectivity index (χ2v) is 13.8. The molecule has 0 heterocycles. The summed E-state index contributed by atoms with van der Waals surface area (Å²) in [6, 6.07) is 68.4. The van der Waals surface area contributed by atoms with E-state index in [2.05, 4.69) is 207 Å². The fourth-order valence-electron chi connectivity index (χ4n) is 7.92. The van der Waals surface area contributed by atoms with E-state index in [9.17, 15) is 0 Å². The monoisotopic (exact) mass is 639 g/mol. The lowest BCUT2D eigenvalue weighted by atomic mass is 9.82. The van der Waals surface area contributed by atoms with Gasteiger partial charge in [-0.25, -0.2) is 0 Å². The van der Waals surface area contributed by atoms with Crippen LogP contribution in [0.15, 0.2) is 188 Å². The Balaban J connectivity index is 1.12. The minimum Gasteiger partial charge on any atom is -0.311 e. The van der Waals surface area contributed by atoms with Crippen molar-refractivity contribution in [1.82, 2.24) is 0 Å². The number of benzene rings is 8. The van der Waals surface area contributed by atoms with Gasteiger partial charge in [-0.05, 0) is 103 Å². The number of hydrogen-bond acceptors (Lipinski definition) is 1. The van der Waals surface area contributed by atoms with Gasteiger partial charge in [0.2, 0.25) is 0 Å². The summed E-state index contributed by atoms with van der Waals surface area (Å²) >= 11 is 0. The lowest BCUT2D eigenvalue weighted by Crippen LogP contribution is -2.14. The molecular formula is C49H37N. The number of nitrogens with zero attached hydrogens (tertiary/aromatic N) is 1. The van der Waals surface area contributed by atoms with Crippen molar-refractivity contribution >= 4 is 27.8 Å². The Morgan fingerprint density at radius 1 is 0.320 bits per heavy atom. The lowest BCUT2D eigenvalue weighted by Gasteiger charge is -2.26. The molecule has 0 aliphatic heterocycles. The van der Waals surface area contributed by atoms with Gasteiger partial charge in [-0.3, -0.25) is 0 Å². The fraction of sp³-hybridized carbons (Fsp3) is 0.0612. The van der Waals surface area contributed by atoms with Gasteiger partial charge in [-0.1, -0.05) is 166 Å². The first-order valence-electron chi connectivity index (χ1n) is 17.4. The van der Waals surface area contributed by atoms with E-state index in [0.717, 1.165) is 17.1 Å². The third kappa shape index (κ3) is 5.02. The molecule has 238 valence electrons. The summed E-state index contributed by atoms with van der Waals surface area (Å²) in [5, 5.41) is 2.61. The maximum absolute atomic E-state index is 2.36. The molecule has 0 aromatic heterocycles. The van der Waals surface area contributed by atoms with E-state index in [-0.39, 0.29) is 5.41 Å². The first-order valence-corrected chi connectivity index (χ1v) is 17.4. The van der Waals surface area contributed by atoms with Crippen LogP contribution >= 0.6 is 0 Å². The zero-order chi connectivity index (χ0) is 33.7. The van der Waals surface area contributed by atoms with E-state index >= 15 is 0 Å². The van der Waals surface area contributed by atoms with Gasteiger partial charge in [0.15, 0.2) is 0 Å². The summed E-state index contributed by atoms with van der Waals surface area (Å²) < 4.78 is 0. The third-order valence-corrected chi connectivity index (χ3v) is 10.5. The highest BCUT2D eigenvalue weighted by molar-refractivity contribution is 6.08. The molecule has 0 fully saturated rings. The summed E-state index contributed by atoms with van der Waals surface area (Å²) in [7, 11) is 0. The van der Waals surface area contributed by atoms with Gasteiger partial charge in [0.25, 0.3) is 0 Å². The molecule has 8 aromatic rings. The van der Waals surface area contributed by atoms with Gasteiger partial charge < -0.3 is 4.90 Å². The predicted octanol–water partition coefficient (Wildman–Crippen LogP) is 13.6. The summed E-state index contributed by atoms with van der Waals surface area (Å²) in [6.07, 6.45) is 0. The third-order valence-electron chi connectivity index (χ3n) is 10.5. The first kappa shape index (κ1) is 29.9. The summed E-state index contributed by atoms with van der Waals surface area (Å²) in [6.45, 7) is 4.70. The molecule has 8 aromatic carbocycles. The van der Waals surface area contributed by atoms with E-state index in [4.69, 9.17) is 0 Å². The van der Waals surface area contributed by atoms with E-state index in [1.54, 1.807) is 0 Å². The van der Waals surface area contributed by atoms with Crippen molar-refractivity contribution in [1.29, 1.82) is 0 Å². The van der Waals surface area contributed by atoms with Crippen molar-refractivity contribution < 1.29 is 0 Å². The minimum atomic E-state index is -0.0141. The topological polar surface area (TPSA) is 3.24 Å². The maximum atomic E-state index is 2.36. The van der Waals surface area contributed by atoms with Gasteiger partial charge in [0.1, 0.15) is 0 Å². The largest absolute Gasteiger partial charge is 0.311 e. The molecule has 0 atom stereocenters. The zero-order valence-electron chi connectivity index (χ0n) is 28.3. The van der Waals surface area contributed by atoms with Gasteiger partial charge in [0.05, 0.1) is 0 Å². The summed E-state index contributed by atoms with van der Waals surface area (Å²) in [5.74, 6) is 0. The normalized spacial score (nSPS) is 12.8. The molecule has 0 amide bonds. The molecule has 0 spiro atoms. The Bertz CT molecular complexity index is 2370. The van der Waals surface area contributed by atoms with Crippen molar-refractivity contribution in [3.63, 3.8) is 0 Å². The average Bonchev–Trinajstić information content (AvgIpc) is 3.42. The molecule has 1 heteroatoms. The van der Waals surface area contributed by atoms with Crippen LogP contribution in [0.1, 0.15) is 25.0 Å². The highest BCUT2D eigenvalue weighted by atomic mass is 15.1. The van der Waals surface area contributed by atoms with Gasteiger partial charge >= 0.3 is 0 Å². The van der Waals surface area contributed by atoms with Crippen molar-refractivity contribution in [2.24, 2.45) is 0 Å². The second-order valence-electron chi connectivity index (χ2n) is 13.8. The van der Waals surface area contributed by atoms with Crippen LogP contribution in [0.25, 0.3) is 55.3 Å². The molecule has 50 heavy (non-hydrogen) atoms. The zero-order valence-corrected chi connectivity index (χ0v) is 28.3. The second kappa shape index (κ2) is 12.1. The first-order chi connectivity index (χ1) is 24.6. The van der Waals surface area contributed by atoms with Crippen LogP contribution in [0.5, 0.6) is 0 Å². The summed E-state index contributed by atoms with van der Waals surface area (Å²) in [4.78, 5) is 2.35. The van der Waals surface area contributed by atoms with Crippen molar-refractivity contribution in [2.75, 3.05) is 4.90 Å². The van der Waals surface area contributed by atoms with Crippen LogP contribution in [-0.2, 0) is 5.41 Å². The Hall–Kier alpha value is -6.18. The maximum Gasteiger partial charge on any atom is 0.0462 e. The van der Waals surface area contributed by atoms with Crippen LogP contribution in [0, 0.1) is 0 Å². The van der Waals surface area contributed by atoms with Crippen LogP contribution in [0.2, 0.25) is 0 Å². The average molecular weight is 640 g/mol. The Morgan fingerprint density at radius 2 is 0.780 bits per heavy atom. The standard InChI is InChI=1S/C49H37N/c1-49(2)46-19-10-9-16-45(46)48-44-18-11-17-42(43(44)32-33-47(48)49)38-24-30-41(31-25-38)50(39-26-20-36(21-27-39)34-12-5-3-6-13-34)40-28-22-37(23-29-40)35-14-7-4-8-15-35/h3-33H,1-2H3. The number of anilines is 3. The number of rotatable bonds is 6. The van der Waals surface area contributed by atoms with E-state index in [0.29, 0.717) is 0 Å². The smallest absolute Gasteiger partial charge is 0.0462 e. The van der Waals surface area contributed by atoms with Crippen LogP contribution < -0.4 is 4.90 Å². The highest BCUT2D eigenvalue weighted by Gasteiger charge is 2.36. The highest BCUT2D eigenvalue weighted by Crippen LogP contribution is 2.52.